The molecule has 0 saturated carbocycles. The molecule has 3 heterocycles. The SMILES string of the molecule is O=C(c1n[nH]c(=O)c2ccccc12)N1CCN(c2nccs2)CC1. The number of piperazine rings is 1. The van der Waals surface area contributed by atoms with Crippen molar-refractivity contribution in [2.75, 3.05) is 31.1 Å². The number of nitrogens with zero attached hydrogens (tertiary/aromatic N) is 4. The first-order valence-electron chi connectivity index (χ1n) is 7.65. The van der Waals surface area contributed by atoms with Crippen LogP contribution in [0.3, 0.4) is 0 Å². The topological polar surface area (TPSA) is 82.2 Å². The highest BCUT2D eigenvalue weighted by Gasteiger charge is 2.25. The van der Waals surface area contributed by atoms with Crippen molar-refractivity contribution in [2.45, 2.75) is 0 Å². The van der Waals surface area contributed by atoms with Gasteiger partial charge in [0.2, 0.25) is 0 Å². The van der Waals surface area contributed by atoms with Crippen LogP contribution in [0.15, 0.2) is 40.6 Å². The first-order chi connectivity index (χ1) is 11.7. The lowest BCUT2D eigenvalue weighted by Crippen LogP contribution is -2.49. The summed E-state index contributed by atoms with van der Waals surface area (Å²) >= 11 is 1.60. The number of nitrogens with one attached hydrogen (secondary N) is 1. The maximum atomic E-state index is 12.8. The Bertz CT molecular complexity index is 929. The average molecular weight is 341 g/mol. The van der Waals surface area contributed by atoms with Crippen molar-refractivity contribution < 1.29 is 4.79 Å². The van der Waals surface area contributed by atoms with Gasteiger partial charge in [-0.3, -0.25) is 9.59 Å². The van der Waals surface area contributed by atoms with Gasteiger partial charge in [-0.05, 0) is 6.07 Å². The molecule has 7 nitrogen and oxygen atoms in total. The third kappa shape index (κ3) is 2.54. The molecular weight excluding hydrogens is 326 g/mol. The van der Waals surface area contributed by atoms with Crippen LogP contribution in [-0.2, 0) is 0 Å². The molecule has 0 atom stereocenters. The summed E-state index contributed by atoms with van der Waals surface area (Å²) in [4.78, 5) is 32.9. The predicted octanol–water partition coefficient (Wildman–Crippen LogP) is 1.34. The Hall–Kier alpha value is -2.74. The second-order valence-electron chi connectivity index (χ2n) is 5.54. The number of H-pyrrole nitrogens is 1. The quantitative estimate of drug-likeness (QED) is 0.761. The van der Waals surface area contributed by atoms with E-state index in [4.69, 9.17) is 0 Å². The van der Waals surface area contributed by atoms with Gasteiger partial charge in [-0.2, -0.15) is 5.10 Å². The first-order valence-corrected chi connectivity index (χ1v) is 8.53. The minimum atomic E-state index is -0.282. The van der Waals surface area contributed by atoms with Crippen molar-refractivity contribution >= 4 is 33.1 Å². The average Bonchev–Trinajstić information content (AvgIpc) is 3.17. The number of amides is 1. The minimum Gasteiger partial charge on any atom is -0.345 e. The lowest BCUT2D eigenvalue weighted by molar-refractivity contribution is 0.0742. The molecule has 0 radical (unpaired) electrons. The van der Waals surface area contributed by atoms with Crippen LogP contribution in [0.2, 0.25) is 0 Å². The number of rotatable bonds is 2. The summed E-state index contributed by atoms with van der Waals surface area (Å²) < 4.78 is 0. The summed E-state index contributed by atoms with van der Waals surface area (Å²) in [7, 11) is 0. The number of aromatic amines is 1. The molecule has 0 spiro atoms. The van der Waals surface area contributed by atoms with Crippen LogP contribution in [0.1, 0.15) is 10.5 Å². The van der Waals surface area contributed by atoms with Crippen molar-refractivity contribution in [2.24, 2.45) is 0 Å². The van der Waals surface area contributed by atoms with Crippen molar-refractivity contribution in [1.82, 2.24) is 20.1 Å². The molecule has 1 N–H and O–H groups in total. The number of thiazole rings is 1. The monoisotopic (exact) mass is 341 g/mol. The Kier molecular flexibility index (Phi) is 3.73. The van der Waals surface area contributed by atoms with Crippen molar-refractivity contribution in [3.63, 3.8) is 0 Å². The maximum Gasteiger partial charge on any atom is 0.275 e. The molecule has 1 fully saturated rings. The Morgan fingerprint density at radius 2 is 1.88 bits per heavy atom. The number of hydrogen-bond donors (Lipinski definition) is 1. The van der Waals surface area contributed by atoms with Crippen molar-refractivity contribution in [3.8, 4) is 0 Å². The van der Waals surface area contributed by atoms with Crippen LogP contribution in [-0.4, -0.2) is 52.2 Å². The molecule has 24 heavy (non-hydrogen) atoms. The first kappa shape index (κ1) is 14.8. The fourth-order valence-electron chi connectivity index (χ4n) is 2.90. The summed E-state index contributed by atoms with van der Waals surface area (Å²) in [5.41, 5.74) is 0.0173. The fraction of sp³-hybridized carbons (Fsp3) is 0.250. The second kappa shape index (κ2) is 6.04. The molecule has 0 aliphatic carbocycles. The Labute approximate surface area is 141 Å². The maximum absolute atomic E-state index is 12.8. The van der Waals surface area contributed by atoms with E-state index in [0.717, 1.165) is 18.2 Å². The molecule has 0 unspecified atom stereocenters. The Morgan fingerprint density at radius 1 is 1.12 bits per heavy atom. The highest BCUT2D eigenvalue weighted by molar-refractivity contribution is 7.13. The summed E-state index contributed by atoms with van der Waals surface area (Å²) in [6.45, 7) is 2.68. The van der Waals surface area contributed by atoms with Gasteiger partial charge in [0, 0.05) is 43.1 Å². The van der Waals surface area contributed by atoms with E-state index in [0.29, 0.717) is 29.6 Å². The Balaban J connectivity index is 1.57. The van der Waals surface area contributed by atoms with Gasteiger partial charge < -0.3 is 9.80 Å². The lowest BCUT2D eigenvalue weighted by Gasteiger charge is -2.34. The van der Waals surface area contributed by atoms with Crippen LogP contribution in [0.25, 0.3) is 10.8 Å². The lowest BCUT2D eigenvalue weighted by atomic mass is 10.1. The molecule has 8 heteroatoms. The van der Waals surface area contributed by atoms with Gasteiger partial charge in [0.15, 0.2) is 10.8 Å². The number of carbonyl (C=O) groups excluding carboxylic acids is 1. The summed E-state index contributed by atoms with van der Waals surface area (Å²) in [6, 6.07) is 7.04. The largest absolute Gasteiger partial charge is 0.345 e. The molecule has 1 aliphatic heterocycles. The molecule has 1 saturated heterocycles. The standard InChI is InChI=1S/C16H15N5O2S/c22-14-12-4-2-1-3-11(12)13(18-19-14)15(23)20-6-8-21(9-7-20)16-17-5-10-24-16/h1-5,10H,6-9H2,(H,19,22). The van der Waals surface area contributed by atoms with Crippen LogP contribution in [0.5, 0.6) is 0 Å². The van der Waals surface area contributed by atoms with E-state index in [1.165, 1.54) is 0 Å². The molecular formula is C16H15N5O2S. The number of fused-ring (bicyclic) bond motifs is 1. The van der Waals surface area contributed by atoms with E-state index in [1.54, 1.807) is 46.7 Å². The van der Waals surface area contributed by atoms with Crippen LogP contribution >= 0.6 is 11.3 Å². The molecule has 1 aliphatic rings. The molecule has 2 aromatic heterocycles. The fourth-order valence-corrected chi connectivity index (χ4v) is 3.60. The Morgan fingerprint density at radius 3 is 2.58 bits per heavy atom. The molecule has 122 valence electrons. The minimum absolute atomic E-state index is 0.152. The number of aromatic nitrogens is 3. The van der Waals surface area contributed by atoms with Gasteiger partial charge in [-0.1, -0.05) is 18.2 Å². The van der Waals surface area contributed by atoms with Gasteiger partial charge in [-0.15, -0.1) is 11.3 Å². The van der Waals surface area contributed by atoms with Gasteiger partial charge in [0.25, 0.3) is 11.5 Å². The zero-order valence-electron chi connectivity index (χ0n) is 12.8. The molecule has 0 bridgehead atoms. The molecule has 3 aromatic rings. The van der Waals surface area contributed by atoms with Gasteiger partial charge in [0.1, 0.15) is 0 Å². The summed E-state index contributed by atoms with van der Waals surface area (Å²) in [5.74, 6) is -0.152. The third-order valence-corrected chi connectivity index (χ3v) is 4.99. The van der Waals surface area contributed by atoms with Crippen molar-refractivity contribution in [1.29, 1.82) is 0 Å². The van der Waals surface area contributed by atoms with Crippen LogP contribution in [0.4, 0.5) is 5.13 Å². The number of benzene rings is 1. The van der Waals surface area contributed by atoms with E-state index in [2.05, 4.69) is 20.1 Å². The van der Waals surface area contributed by atoms with E-state index < -0.39 is 0 Å². The normalized spacial score (nSPS) is 15.0. The van der Waals surface area contributed by atoms with E-state index in [-0.39, 0.29) is 11.5 Å². The zero-order valence-corrected chi connectivity index (χ0v) is 13.6. The summed E-state index contributed by atoms with van der Waals surface area (Å²) in [6.07, 6.45) is 1.79. The zero-order chi connectivity index (χ0) is 16.5. The van der Waals surface area contributed by atoms with E-state index in [9.17, 15) is 9.59 Å². The van der Waals surface area contributed by atoms with Crippen LogP contribution in [0, 0.1) is 0 Å². The predicted molar refractivity (Wildman–Crippen MR) is 92.6 cm³/mol. The summed E-state index contributed by atoms with van der Waals surface area (Å²) in [5, 5.41) is 10.4. The van der Waals surface area contributed by atoms with Gasteiger partial charge >= 0.3 is 0 Å². The number of hydrogen-bond acceptors (Lipinski definition) is 6. The number of anilines is 1. The third-order valence-electron chi connectivity index (χ3n) is 4.16. The van der Waals surface area contributed by atoms with Gasteiger partial charge in [0.05, 0.1) is 5.39 Å². The molecule has 1 amide bonds. The second-order valence-corrected chi connectivity index (χ2v) is 6.41. The van der Waals surface area contributed by atoms with E-state index in [1.807, 2.05) is 5.38 Å². The van der Waals surface area contributed by atoms with E-state index >= 15 is 0 Å². The number of carbonyl (C=O) groups is 1. The van der Waals surface area contributed by atoms with Crippen molar-refractivity contribution in [3.05, 3.63) is 51.9 Å². The molecule has 4 rings (SSSR count). The highest BCUT2D eigenvalue weighted by atomic mass is 32.1. The smallest absolute Gasteiger partial charge is 0.275 e. The van der Waals surface area contributed by atoms with Gasteiger partial charge in [-0.25, -0.2) is 10.1 Å². The molecule has 1 aromatic carbocycles. The van der Waals surface area contributed by atoms with Crippen LogP contribution < -0.4 is 10.5 Å². The highest BCUT2D eigenvalue weighted by Crippen LogP contribution is 2.20.